The smallest absolute Gasteiger partial charge is 0.337 e. The normalized spacial score (nSPS) is 29.4. The molecule has 4 N–H and O–H groups in total. The molecule has 134 valence electrons. The van der Waals surface area contributed by atoms with Crippen molar-refractivity contribution in [3.05, 3.63) is 36.4 Å². The standard InChI is InChI=1S/C17H18O8/c1-23-16(22)15-13(20)12(19)14(21)17(25-15)24-11-7-9-5-3-2-4-8(9)6-10(11)18/h2-7,12-15,17-21H,1H3. The Hall–Kier alpha value is -2.39. The van der Waals surface area contributed by atoms with Crippen molar-refractivity contribution in [3.8, 4) is 11.5 Å². The topological polar surface area (TPSA) is 126 Å². The van der Waals surface area contributed by atoms with Gasteiger partial charge < -0.3 is 34.6 Å². The number of hydrogen-bond acceptors (Lipinski definition) is 8. The molecule has 1 aliphatic rings. The third-order valence-corrected chi connectivity index (χ3v) is 4.07. The van der Waals surface area contributed by atoms with Gasteiger partial charge in [0.25, 0.3) is 0 Å². The fraction of sp³-hybridized carbons (Fsp3) is 0.353. The maximum atomic E-state index is 11.7. The van der Waals surface area contributed by atoms with E-state index in [9.17, 15) is 25.2 Å². The average Bonchev–Trinajstić information content (AvgIpc) is 2.62. The molecule has 25 heavy (non-hydrogen) atoms. The van der Waals surface area contributed by atoms with E-state index in [1.165, 1.54) is 12.1 Å². The summed E-state index contributed by atoms with van der Waals surface area (Å²) in [5.74, 6) is -1.13. The summed E-state index contributed by atoms with van der Waals surface area (Å²) < 4.78 is 15.2. The zero-order valence-electron chi connectivity index (χ0n) is 13.3. The molecule has 2 aromatic rings. The zero-order valence-corrected chi connectivity index (χ0v) is 13.3. The van der Waals surface area contributed by atoms with Crippen LogP contribution in [-0.2, 0) is 14.3 Å². The molecule has 8 heteroatoms. The molecular formula is C17H18O8. The summed E-state index contributed by atoms with van der Waals surface area (Å²) >= 11 is 0. The van der Waals surface area contributed by atoms with E-state index in [1.807, 2.05) is 12.1 Å². The van der Waals surface area contributed by atoms with E-state index in [-0.39, 0.29) is 11.5 Å². The van der Waals surface area contributed by atoms with Gasteiger partial charge >= 0.3 is 5.97 Å². The number of rotatable bonds is 3. The molecule has 0 radical (unpaired) electrons. The summed E-state index contributed by atoms with van der Waals surface area (Å²) in [5, 5.41) is 41.5. The maximum absolute atomic E-state index is 11.7. The highest BCUT2D eigenvalue weighted by atomic mass is 16.7. The van der Waals surface area contributed by atoms with E-state index in [2.05, 4.69) is 4.74 Å². The van der Waals surface area contributed by atoms with Gasteiger partial charge in [0.1, 0.15) is 18.3 Å². The van der Waals surface area contributed by atoms with Crippen LogP contribution in [0.15, 0.2) is 36.4 Å². The van der Waals surface area contributed by atoms with Gasteiger partial charge in [-0.15, -0.1) is 0 Å². The molecule has 1 fully saturated rings. The average molecular weight is 350 g/mol. The van der Waals surface area contributed by atoms with E-state index in [0.717, 1.165) is 17.9 Å². The number of phenolic OH excluding ortho intramolecular Hbond substituents is 1. The minimum Gasteiger partial charge on any atom is -0.504 e. The first-order chi connectivity index (χ1) is 11.9. The first-order valence-corrected chi connectivity index (χ1v) is 7.58. The first kappa shape index (κ1) is 17.4. The van der Waals surface area contributed by atoms with Crippen LogP contribution in [0.2, 0.25) is 0 Å². The Labute approximate surface area is 142 Å². The molecule has 3 rings (SSSR count). The SMILES string of the molecule is COC(=O)C1OC(Oc2cc3ccccc3cc2O)C(O)C(O)C1O. The lowest BCUT2D eigenvalue weighted by Gasteiger charge is -2.38. The number of aromatic hydroxyl groups is 1. The quantitative estimate of drug-likeness (QED) is 0.566. The molecule has 5 unspecified atom stereocenters. The lowest BCUT2D eigenvalue weighted by molar-refractivity contribution is -0.272. The van der Waals surface area contributed by atoms with Gasteiger partial charge in [0.05, 0.1) is 7.11 Å². The van der Waals surface area contributed by atoms with E-state index in [0.29, 0.717) is 0 Å². The number of carbonyl (C=O) groups excluding carboxylic acids is 1. The van der Waals surface area contributed by atoms with Crippen LogP contribution in [0.1, 0.15) is 0 Å². The monoisotopic (exact) mass is 350 g/mol. The van der Waals surface area contributed by atoms with Gasteiger partial charge in [-0.05, 0) is 22.9 Å². The molecule has 0 aromatic heterocycles. The van der Waals surface area contributed by atoms with Crippen molar-refractivity contribution in [3.63, 3.8) is 0 Å². The number of carbonyl (C=O) groups is 1. The number of phenols is 1. The van der Waals surface area contributed by atoms with Crippen molar-refractivity contribution in [2.75, 3.05) is 7.11 Å². The van der Waals surface area contributed by atoms with Crippen molar-refractivity contribution < 1.29 is 39.4 Å². The van der Waals surface area contributed by atoms with Crippen LogP contribution < -0.4 is 4.74 Å². The van der Waals surface area contributed by atoms with Gasteiger partial charge in [-0.2, -0.15) is 0 Å². The number of aliphatic hydroxyl groups excluding tert-OH is 3. The third kappa shape index (κ3) is 3.24. The molecule has 0 saturated carbocycles. The molecule has 8 nitrogen and oxygen atoms in total. The van der Waals surface area contributed by atoms with Crippen LogP contribution in [0.5, 0.6) is 11.5 Å². The first-order valence-electron chi connectivity index (χ1n) is 7.58. The Morgan fingerprint density at radius 1 is 1.04 bits per heavy atom. The molecular weight excluding hydrogens is 332 g/mol. The van der Waals surface area contributed by atoms with Gasteiger partial charge in [-0.1, -0.05) is 24.3 Å². The largest absolute Gasteiger partial charge is 0.504 e. The van der Waals surface area contributed by atoms with Crippen LogP contribution in [0, 0.1) is 0 Å². The summed E-state index contributed by atoms with van der Waals surface area (Å²) in [7, 11) is 1.10. The summed E-state index contributed by atoms with van der Waals surface area (Å²) in [6.07, 6.45) is -8.02. The number of methoxy groups -OCH3 is 1. The molecule has 0 aliphatic carbocycles. The highest BCUT2D eigenvalue weighted by Gasteiger charge is 2.48. The predicted molar refractivity (Wildman–Crippen MR) is 84.9 cm³/mol. The molecule has 0 amide bonds. The van der Waals surface area contributed by atoms with Gasteiger partial charge in [0.2, 0.25) is 6.29 Å². The number of esters is 1. The lowest BCUT2D eigenvalue weighted by atomic mass is 9.99. The molecule has 0 spiro atoms. The highest BCUT2D eigenvalue weighted by molar-refractivity contribution is 5.85. The second kappa shape index (κ2) is 6.85. The molecule has 0 bridgehead atoms. The number of benzene rings is 2. The number of ether oxygens (including phenoxy) is 3. The van der Waals surface area contributed by atoms with Gasteiger partial charge in [-0.3, -0.25) is 0 Å². The van der Waals surface area contributed by atoms with E-state index in [4.69, 9.17) is 9.47 Å². The van der Waals surface area contributed by atoms with Crippen LogP contribution in [-0.4, -0.2) is 64.2 Å². The maximum Gasteiger partial charge on any atom is 0.337 e. The minimum absolute atomic E-state index is 0.00467. The summed E-state index contributed by atoms with van der Waals surface area (Å²) in [6.45, 7) is 0. The molecule has 2 aromatic carbocycles. The van der Waals surface area contributed by atoms with Gasteiger partial charge in [0, 0.05) is 0 Å². The van der Waals surface area contributed by atoms with Gasteiger partial charge in [-0.25, -0.2) is 4.79 Å². The predicted octanol–water partition coefficient (Wildman–Crippen LogP) is -0.0952. The van der Waals surface area contributed by atoms with Crippen molar-refractivity contribution in [1.82, 2.24) is 0 Å². The van der Waals surface area contributed by atoms with Crippen LogP contribution in [0.4, 0.5) is 0 Å². The van der Waals surface area contributed by atoms with E-state index in [1.54, 1.807) is 12.1 Å². The number of fused-ring (bicyclic) bond motifs is 1. The van der Waals surface area contributed by atoms with Crippen LogP contribution in [0.3, 0.4) is 0 Å². The summed E-state index contributed by atoms with van der Waals surface area (Å²) in [5.41, 5.74) is 0. The Morgan fingerprint density at radius 3 is 2.32 bits per heavy atom. The Morgan fingerprint density at radius 2 is 1.68 bits per heavy atom. The Bertz CT molecular complexity index is 776. The number of hydrogen-bond donors (Lipinski definition) is 4. The Balaban J connectivity index is 1.88. The van der Waals surface area contributed by atoms with Crippen LogP contribution >= 0.6 is 0 Å². The number of aliphatic hydroxyl groups is 3. The van der Waals surface area contributed by atoms with E-state index < -0.39 is 36.7 Å². The molecule has 5 atom stereocenters. The second-order valence-electron chi connectivity index (χ2n) is 5.70. The summed E-state index contributed by atoms with van der Waals surface area (Å²) in [4.78, 5) is 11.7. The minimum atomic E-state index is -1.69. The van der Waals surface area contributed by atoms with Crippen LogP contribution in [0.25, 0.3) is 10.8 Å². The Kier molecular flexibility index (Phi) is 4.78. The fourth-order valence-corrected chi connectivity index (χ4v) is 2.68. The second-order valence-corrected chi connectivity index (χ2v) is 5.70. The molecule has 1 heterocycles. The zero-order chi connectivity index (χ0) is 18.1. The molecule has 1 saturated heterocycles. The van der Waals surface area contributed by atoms with Crippen molar-refractivity contribution >= 4 is 16.7 Å². The highest BCUT2D eigenvalue weighted by Crippen LogP contribution is 2.34. The van der Waals surface area contributed by atoms with Crippen molar-refractivity contribution in [1.29, 1.82) is 0 Å². The van der Waals surface area contributed by atoms with Crippen molar-refractivity contribution in [2.24, 2.45) is 0 Å². The van der Waals surface area contributed by atoms with Crippen molar-refractivity contribution in [2.45, 2.75) is 30.7 Å². The van der Waals surface area contributed by atoms with E-state index >= 15 is 0 Å². The molecule has 1 aliphatic heterocycles. The third-order valence-electron chi connectivity index (χ3n) is 4.07. The van der Waals surface area contributed by atoms with Gasteiger partial charge in [0.15, 0.2) is 17.6 Å². The fourth-order valence-electron chi connectivity index (χ4n) is 2.68. The summed E-state index contributed by atoms with van der Waals surface area (Å²) in [6, 6.07) is 10.2. The lowest BCUT2D eigenvalue weighted by Crippen LogP contribution is -2.61.